The highest BCUT2D eigenvalue weighted by atomic mass is 16.3. The van der Waals surface area contributed by atoms with Gasteiger partial charge in [-0.25, -0.2) is 0 Å². The van der Waals surface area contributed by atoms with E-state index in [2.05, 4.69) is 12.1 Å². The molecule has 4 rings (SSSR count). The van der Waals surface area contributed by atoms with Crippen LogP contribution in [0.5, 0.6) is 11.5 Å². The summed E-state index contributed by atoms with van der Waals surface area (Å²) in [6.07, 6.45) is 0. The van der Waals surface area contributed by atoms with E-state index in [0.29, 0.717) is 0 Å². The Hall–Kier alpha value is -2.74. The number of rotatable bonds is 0. The molecule has 0 spiro atoms. The second-order valence-corrected chi connectivity index (χ2v) is 5.04. The fraction of sp³-hybridized carbons (Fsp3) is 0. The van der Waals surface area contributed by atoms with Gasteiger partial charge in [-0.2, -0.15) is 0 Å². The summed E-state index contributed by atoms with van der Waals surface area (Å²) in [5.41, 5.74) is 0. The molecule has 0 saturated carbocycles. The van der Waals surface area contributed by atoms with Crippen molar-refractivity contribution in [2.75, 3.05) is 0 Å². The van der Waals surface area contributed by atoms with Gasteiger partial charge in [-0.05, 0) is 56.6 Å². The maximum atomic E-state index is 9.58. The lowest BCUT2D eigenvalue weighted by atomic mass is 9.97. The van der Waals surface area contributed by atoms with Crippen molar-refractivity contribution in [1.29, 1.82) is 0 Å². The summed E-state index contributed by atoms with van der Waals surface area (Å²) in [4.78, 5) is 0. The Morgan fingerprint density at radius 1 is 0.450 bits per heavy atom. The molecule has 0 amide bonds. The first-order chi connectivity index (χ1) is 9.72. The number of fused-ring (bicyclic) bond motifs is 5. The molecule has 0 fully saturated rings. The van der Waals surface area contributed by atoms with E-state index >= 15 is 0 Å². The van der Waals surface area contributed by atoms with E-state index in [9.17, 15) is 10.2 Å². The molecule has 0 atom stereocenters. The topological polar surface area (TPSA) is 40.5 Å². The molecule has 2 nitrogen and oxygen atoms in total. The molecule has 0 aliphatic carbocycles. The molecule has 0 unspecified atom stereocenters. The van der Waals surface area contributed by atoms with E-state index in [1.165, 1.54) is 0 Å². The van der Waals surface area contributed by atoms with Crippen molar-refractivity contribution in [2.24, 2.45) is 0 Å². The van der Waals surface area contributed by atoms with Crippen LogP contribution in [0.4, 0.5) is 0 Å². The molecule has 96 valence electrons. The van der Waals surface area contributed by atoms with Gasteiger partial charge in [-0.1, -0.05) is 36.4 Å². The molecule has 0 aromatic heterocycles. The van der Waals surface area contributed by atoms with Crippen molar-refractivity contribution >= 4 is 32.3 Å². The number of phenolic OH excluding ortho intramolecular Hbond substituents is 2. The standard InChI is InChI=1S/C18H12O2/c19-13-3-7-15-11(9-13)1-5-17-16-8-4-14(20)10-12(16)2-6-18(15)17/h1-10,19-20H. The first-order valence-electron chi connectivity index (χ1n) is 6.49. The van der Waals surface area contributed by atoms with Crippen LogP contribution in [0.1, 0.15) is 0 Å². The van der Waals surface area contributed by atoms with Crippen LogP contribution in [0.2, 0.25) is 0 Å². The summed E-state index contributed by atoms with van der Waals surface area (Å²) >= 11 is 0. The van der Waals surface area contributed by atoms with Crippen LogP contribution in [-0.4, -0.2) is 10.2 Å². The highest BCUT2D eigenvalue weighted by Crippen LogP contribution is 2.33. The average Bonchev–Trinajstić information content (AvgIpc) is 2.45. The zero-order valence-electron chi connectivity index (χ0n) is 10.7. The minimum absolute atomic E-state index is 0.280. The Labute approximate surface area is 115 Å². The van der Waals surface area contributed by atoms with Gasteiger partial charge >= 0.3 is 0 Å². The lowest BCUT2D eigenvalue weighted by Gasteiger charge is -2.08. The molecule has 0 aliphatic heterocycles. The van der Waals surface area contributed by atoms with Crippen molar-refractivity contribution in [3.05, 3.63) is 60.7 Å². The van der Waals surface area contributed by atoms with E-state index in [1.807, 2.05) is 24.3 Å². The minimum Gasteiger partial charge on any atom is -0.508 e. The van der Waals surface area contributed by atoms with E-state index in [1.54, 1.807) is 24.3 Å². The largest absolute Gasteiger partial charge is 0.508 e. The third kappa shape index (κ3) is 1.51. The van der Waals surface area contributed by atoms with E-state index in [4.69, 9.17) is 0 Å². The lowest BCUT2D eigenvalue weighted by molar-refractivity contribution is 0.475. The summed E-state index contributed by atoms with van der Waals surface area (Å²) in [6.45, 7) is 0. The average molecular weight is 260 g/mol. The predicted octanol–water partition coefficient (Wildman–Crippen LogP) is 4.56. The normalized spacial score (nSPS) is 11.4. The van der Waals surface area contributed by atoms with Gasteiger partial charge in [0.15, 0.2) is 0 Å². The van der Waals surface area contributed by atoms with Crippen molar-refractivity contribution in [3.8, 4) is 11.5 Å². The Morgan fingerprint density at radius 3 is 1.30 bits per heavy atom. The predicted molar refractivity (Wildman–Crippen MR) is 82.3 cm³/mol. The molecule has 0 saturated heterocycles. The van der Waals surface area contributed by atoms with E-state index in [-0.39, 0.29) is 11.5 Å². The van der Waals surface area contributed by atoms with Gasteiger partial charge in [0.25, 0.3) is 0 Å². The van der Waals surface area contributed by atoms with Gasteiger partial charge in [0, 0.05) is 0 Å². The molecule has 0 radical (unpaired) electrons. The summed E-state index contributed by atoms with van der Waals surface area (Å²) in [5, 5.41) is 25.7. The molecular weight excluding hydrogens is 248 g/mol. The van der Waals surface area contributed by atoms with Crippen LogP contribution >= 0.6 is 0 Å². The van der Waals surface area contributed by atoms with E-state index < -0.39 is 0 Å². The van der Waals surface area contributed by atoms with Crippen LogP contribution in [0.25, 0.3) is 32.3 Å². The second kappa shape index (κ2) is 3.87. The highest BCUT2D eigenvalue weighted by molar-refractivity contribution is 6.17. The van der Waals surface area contributed by atoms with Crippen LogP contribution in [0.15, 0.2) is 60.7 Å². The van der Waals surface area contributed by atoms with Crippen molar-refractivity contribution in [1.82, 2.24) is 0 Å². The fourth-order valence-corrected chi connectivity index (χ4v) is 2.86. The van der Waals surface area contributed by atoms with Gasteiger partial charge in [-0.3, -0.25) is 0 Å². The van der Waals surface area contributed by atoms with Crippen LogP contribution < -0.4 is 0 Å². The van der Waals surface area contributed by atoms with Gasteiger partial charge in [-0.15, -0.1) is 0 Å². The molecule has 0 heterocycles. The first-order valence-corrected chi connectivity index (χ1v) is 6.49. The molecule has 0 bridgehead atoms. The number of hydrogen-bond acceptors (Lipinski definition) is 2. The number of phenols is 2. The molecule has 2 heteroatoms. The maximum absolute atomic E-state index is 9.58. The first kappa shape index (κ1) is 11.1. The van der Waals surface area contributed by atoms with E-state index in [0.717, 1.165) is 32.3 Å². The van der Waals surface area contributed by atoms with Gasteiger partial charge in [0.05, 0.1) is 0 Å². The minimum atomic E-state index is 0.280. The Kier molecular flexibility index (Phi) is 2.15. The van der Waals surface area contributed by atoms with Gasteiger partial charge in [0.2, 0.25) is 0 Å². The fourth-order valence-electron chi connectivity index (χ4n) is 2.86. The molecule has 20 heavy (non-hydrogen) atoms. The monoisotopic (exact) mass is 260 g/mol. The van der Waals surface area contributed by atoms with Crippen molar-refractivity contribution in [2.45, 2.75) is 0 Å². The molecule has 4 aromatic carbocycles. The SMILES string of the molecule is Oc1ccc2c(ccc3c4ccc(O)cc4ccc23)c1. The van der Waals surface area contributed by atoms with Crippen LogP contribution in [0.3, 0.4) is 0 Å². The molecule has 4 aromatic rings. The van der Waals surface area contributed by atoms with Crippen LogP contribution in [0, 0.1) is 0 Å². The molecule has 2 N–H and O–H groups in total. The number of benzene rings is 4. The van der Waals surface area contributed by atoms with Gasteiger partial charge < -0.3 is 10.2 Å². The highest BCUT2D eigenvalue weighted by Gasteiger charge is 2.05. The molecule has 0 aliphatic rings. The third-order valence-corrected chi connectivity index (χ3v) is 3.80. The summed E-state index contributed by atoms with van der Waals surface area (Å²) in [6, 6.07) is 19.0. The quantitative estimate of drug-likeness (QED) is 0.455. The number of hydrogen-bond donors (Lipinski definition) is 2. The third-order valence-electron chi connectivity index (χ3n) is 3.80. The van der Waals surface area contributed by atoms with Crippen molar-refractivity contribution < 1.29 is 10.2 Å². The molecular formula is C18H12O2. The zero-order chi connectivity index (χ0) is 13.7. The smallest absolute Gasteiger partial charge is 0.116 e. The Bertz CT molecular complexity index is 890. The van der Waals surface area contributed by atoms with Crippen LogP contribution in [-0.2, 0) is 0 Å². The zero-order valence-corrected chi connectivity index (χ0v) is 10.7. The second-order valence-electron chi connectivity index (χ2n) is 5.04. The lowest BCUT2D eigenvalue weighted by Crippen LogP contribution is -1.80. The summed E-state index contributed by atoms with van der Waals surface area (Å²) in [5.74, 6) is 0.560. The Morgan fingerprint density at radius 2 is 0.850 bits per heavy atom. The maximum Gasteiger partial charge on any atom is 0.116 e. The Balaban J connectivity index is 2.21. The summed E-state index contributed by atoms with van der Waals surface area (Å²) in [7, 11) is 0. The van der Waals surface area contributed by atoms with Gasteiger partial charge in [0.1, 0.15) is 11.5 Å². The summed E-state index contributed by atoms with van der Waals surface area (Å²) < 4.78 is 0. The van der Waals surface area contributed by atoms with Crippen molar-refractivity contribution in [3.63, 3.8) is 0 Å². The number of aromatic hydroxyl groups is 2.